The van der Waals surface area contributed by atoms with E-state index in [0.29, 0.717) is 25.9 Å². The standard InChI is InChI=1S/C16H20ClFN2O2/c1-19(2)16(22)11-6-8-20(9-7-11)15(21)10-12-13(17)4-3-5-14(12)18/h3-5,11H,6-10H2,1-2H3. The van der Waals surface area contributed by atoms with Gasteiger partial charge in [0.05, 0.1) is 6.42 Å². The van der Waals surface area contributed by atoms with Gasteiger partial charge in [0, 0.05) is 43.7 Å². The Bertz CT molecular complexity index is 549. The van der Waals surface area contributed by atoms with Gasteiger partial charge < -0.3 is 9.80 Å². The number of likely N-dealkylation sites (tertiary alicyclic amines) is 1. The fraction of sp³-hybridized carbons (Fsp3) is 0.500. The van der Waals surface area contributed by atoms with Crippen molar-refractivity contribution >= 4 is 23.4 Å². The Morgan fingerprint density at radius 2 is 1.95 bits per heavy atom. The molecule has 0 saturated carbocycles. The van der Waals surface area contributed by atoms with Gasteiger partial charge >= 0.3 is 0 Å². The summed E-state index contributed by atoms with van der Waals surface area (Å²) in [7, 11) is 3.47. The normalized spacial score (nSPS) is 15.7. The molecule has 1 saturated heterocycles. The molecule has 0 aromatic heterocycles. The van der Waals surface area contributed by atoms with Crippen LogP contribution in [0, 0.1) is 11.7 Å². The van der Waals surface area contributed by atoms with Crippen molar-refractivity contribution in [3.8, 4) is 0 Å². The minimum absolute atomic E-state index is 0.0314. The lowest BCUT2D eigenvalue weighted by molar-refractivity contribution is -0.138. The van der Waals surface area contributed by atoms with Gasteiger partial charge in [-0.2, -0.15) is 0 Å². The zero-order valence-electron chi connectivity index (χ0n) is 12.8. The summed E-state index contributed by atoms with van der Waals surface area (Å²) in [4.78, 5) is 27.5. The zero-order valence-corrected chi connectivity index (χ0v) is 13.6. The van der Waals surface area contributed by atoms with E-state index < -0.39 is 5.82 Å². The van der Waals surface area contributed by atoms with Crippen LogP contribution in [0.25, 0.3) is 0 Å². The number of halogens is 2. The van der Waals surface area contributed by atoms with Crippen LogP contribution < -0.4 is 0 Å². The molecule has 1 aromatic carbocycles. The zero-order chi connectivity index (χ0) is 16.3. The summed E-state index contributed by atoms with van der Waals surface area (Å²) >= 11 is 5.95. The largest absolute Gasteiger partial charge is 0.349 e. The average Bonchev–Trinajstić information content (AvgIpc) is 2.50. The SMILES string of the molecule is CN(C)C(=O)C1CCN(C(=O)Cc2c(F)cccc2Cl)CC1. The van der Waals surface area contributed by atoms with Crippen LogP contribution in [0.3, 0.4) is 0 Å². The molecule has 0 unspecified atom stereocenters. The van der Waals surface area contributed by atoms with Crippen molar-refractivity contribution < 1.29 is 14.0 Å². The van der Waals surface area contributed by atoms with Gasteiger partial charge in [0.1, 0.15) is 5.82 Å². The first-order chi connectivity index (χ1) is 10.4. The maximum atomic E-state index is 13.7. The van der Waals surface area contributed by atoms with Crippen LogP contribution in [0.4, 0.5) is 4.39 Å². The number of hydrogen-bond donors (Lipinski definition) is 0. The number of hydrogen-bond acceptors (Lipinski definition) is 2. The van der Waals surface area contributed by atoms with Crippen molar-refractivity contribution in [3.05, 3.63) is 34.6 Å². The van der Waals surface area contributed by atoms with Crippen molar-refractivity contribution in [1.29, 1.82) is 0 Å². The van der Waals surface area contributed by atoms with Crippen LogP contribution in [-0.2, 0) is 16.0 Å². The maximum Gasteiger partial charge on any atom is 0.227 e. The van der Waals surface area contributed by atoms with Gasteiger partial charge in [0.15, 0.2) is 0 Å². The number of benzene rings is 1. The molecule has 1 aliphatic heterocycles. The molecule has 4 nitrogen and oxygen atoms in total. The molecule has 120 valence electrons. The Kier molecular flexibility index (Phi) is 5.40. The quantitative estimate of drug-likeness (QED) is 0.855. The molecule has 1 heterocycles. The van der Waals surface area contributed by atoms with Crippen molar-refractivity contribution in [2.75, 3.05) is 27.2 Å². The predicted octanol–water partition coefficient (Wildman–Crippen LogP) is 2.35. The molecule has 0 radical (unpaired) electrons. The van der Waals surface area contributed by atoms with Gasteiger partial charge in [-0.3, -0.25) is 9.59 Å². The van der Waals surface area contributed by atoms with Crippen LogP contribution >= 0.6 is 11.6 Å². The second kappa shape index (κ2) is 7.09. The topological polar surface area (TPSA) is 40.6 Å². The monoisotopic (exact) mass is 326 g/mol. The summed E-state index contributed by atoms with van der Waals surface area (Å²) in [5.74, 6) is -0.540. The first-order valence-electron chi connectivity index (χ1n) is 7.32. The number of rotatable bonds is 3. The third-order valence-corrected chi connectivity index (χ3v) is 4.38. The van der Waals surface area contributed by atoms with Gasteiger partial charge in [-0.1, -0.05) is 17.7 Å². The van der Waals surface area contributed by atoms with Gasteiger partial charge in [-0.15, -0.1) is 0 Å². The number of amides is 2. The van der Waals surface area contributed by atoms with Gasteiger partial charge in [0.25, 0.3) is 0 Å². The molecule has 1 fully saturated rings. The molecule has 2 rings (SSSR count). The number of nitrogens with zero attached hydrogens (tertiary/aromatic N) is 2. The summed E-state index contributed by atoms with van der Waals surface area (Å²) in [5.41, 5.74) is 0.237. The molecule has 0 bridgehead atoms. The molecule has 1 aromatic rings. The van der Waals surface area contributed by atoms with Crippen molar-refractivity contribution in [3.63, 3.8) is 0 Å². The van der Waals surface area contributed by atoms with E-state index in [1.165, 1.54) is 12.1 Å². The molecular weight excluding hydrogens is 307 g/mol. The smallest absolute Gasteiger partial charge is 0.227 e. The molecule has 2 amide bonds. The molecule has 6 heteroatoms. The first-order valence-corrected chi connectivity index (χ1v) is 7.69. The van der Waals surface area contributed by atoms with Gasteiger partial charge in [-0.25, -0.2) is 4.39 Å². The Balaban J connectivity index is 1.94. The van der Waals surface area contributed by atoms with Crippen LogP contribution in [0.2, 0.25) is 5.02 Å². The van der Waals surface area contributed by atoms with Crippen LogP contribution in [-0.4, -0.2) is 48.8 Å². The fourth-order valence-corrected chi connectivity index (χ4v) is 2.94. The van der Waals surface area contributed by atoms with E-state index in [9.17, 15) is 14.0 Å². The highest BCUT2D eigenvalue weighted by molar-refractivity contribution is 6.31. The third-order valence-electron chi connectivity index (χ3n) is 4.03. The summed E-state index contributed by atoms with van der Waals surface area (Å²) in [6, 6.07) is 4.40. The van der Waals surface area contributed by atoms with Crippen molar-refractivity contribution in [2.45, 2.75) is 19.3 Å². The molecule has 0 N–H and O–H groups in total. The number of piperidine rings is 1. The van der Waals surface area contributed by atoms with Gasteiger partial charge in [-0.05, 0) is 25.0 Å². The average molecular weight is 327 g/mol. The molecular formula is C16H20ClFN2O2. The highest BCUT2D eigenvalue weighted by Crippen LogP contribution is 2.23. The molecule has 0 atom stereocenters. The second-order valence-corrected chi connectivity index (χ2v) is 6.17. The summed E-state index contributed by atoms with van der Waals surface area (Å²) in [5, 5.41) is 0.269. The van der Waals surface area contributed by atoms with E-state index in [2.05, 4.69) is 0 Å². The Morgan fingerprint density at radius 3 is 2.50 bits per heavy atom. The highest BCUT2D eigenvalue weighted by atomic mass is 35.5. The Hall–Kier alpha value is -1.62. The number of carbonyl (C=O) groups is 2. The number of carbonyl (C=O) groups excluding carboxylic acids is 2. The van der Waals surface area contributed by atoms with Crippen LogP contribution in [0.5, 0.6) is 0 Å². The van der Waals surface area contributed by atoms with E-state index in [1.54, 1.807) is 30.0 Å². The highest BCUT2D eigenvalue weighted by Gasteiger charge is 2.28. The van der Waals surface area contributed by atoms with Crippen LogP contribution in [0.1, 0.15) is 18.4 Å². The first kappa shape index (κ1) is 16.7. The summed E-state index contributed by atoms with van der Waals surface area (Å²) in [6.45, 7) is 1.05. The molecule has 0 aliphatic carbocycles. The Morgan fingerprint density at radius 1 is 1.32 bits per heavy atom. The predicted molar refractivity (Wildman–Crippen MR) is 83.1 cm³/mol. The lowest BCUT2D eigenvalue weighted by atomic mass is 9.95. The molecule has 0 spiro atoms. The van der Waals surface area contributed by atoms with Crippen molar-refractivity contribution in [1.82, 2.24) is 9.80 Å². The lowest BCUT2D eigenvalue weighted by Gasteiger charge is -2.32. The molecule has 22 heavy (non-hydrogen) atoms. The maximum absolute atomic E-state index is 13.7. The minimum atomic E-state index is -0.460. The van der Waals surface area contributed by atoms with E-state index in [1.807, 2.05) is 0 Å². The fourth-order valence-electron chi connectivity index (χ4n) is 2.71. The second-order valence-electron chi connectivity index (χ2n) is 5.76. The third kappa shape index (κ3) is 3.77. The van der Waals surface area contributed by atoms with E-state index in [0.717, 1.165) is 0 Å². The summed E-state index contributed by atoms with van der Waals surface area (Å²) in [6.07, 6.45) is 1.25. The van der Waals surface area contributed by atoms with E-state index >= 15 is 0 Å². The lowest BCUT2D eigenvalue weighted by Crippen LogP contribution is -2.43. The minimum Gasteiger partial charge on any atom is -0.349 e. The van der Waals surface area contributed by atoms with Gasteiger partial charge in [0.2, 0.25) is 11.8 Å². The van der Waals surface area contributed by atoms with Crippen LogP contribution in [0.15, 0.2) is 18.2 Å². The summed E-state index contributed by atoms with van der Waals surface area (Å²) < 4.78 is 13.7. The van der Waals surface area contributed by atoms with Crippen molar-refractivity contribution in [2.24, 2.45) is 5.92 Å². The van der Waals surface area contributed by atoms with E-state index in [4.69, 9.17) is 11.6 Å². The molecule has 1 aliphatic rings. The Labute approximate surface area is 134 Å². The van der Waals surface area contributed by atoms with E-state index in [-0.39, 0.29) is 34.7 Å².